The van der Waals surface area contributed by atoms with Crippen LogP contribution in [0.4, 0.5) is 10.2 Å². The van der Waals surface area contributed by atoms with Crippen LogP contribution < -0.4 is 10.2 Å². The van der Waals surface area contributed by atoms with Crippen LogP contribution in [0.5, 0.6) is 0 Å². The van der Waals surface area contributed by atoms with Gasteiger partial charge >= 0.3 is 0 Å². The number of amides is 1. The van der Waals surface area contributed by atoms with E-state index in [9.17, 15) is 9.18 Å². The molecule has 1 aromatic carbocycles. The Morgan fingerprint density at radius 3 is 2.60 bits per heavy atom. The second kappa shape index (κ2) is 9.06. The summed E-state index contributed by atoms with van der Waals surface area (Å²) in [6.45, 7) is 8.59. The molecule has 1 aliphatic heterocycles. The molecule has 1 N–H and O–H groups in total. The van der Waals surface area contributed by atoms with Gasteiger partial charge in [0.2, 0.25) is 5.91 Å². The number of nitrogens with zero attached hydrogens (tertiary/aromatic N) is 4. The molecule has 8 heteroatoms. The third-order valence-corrected chi connectivity index (χ3v) is 6.34. The van der Waals surface area contributed by atoms with Crippen molar-refractivity contribution in [3.8, 4) is 10.4 Å². The minimum absolute atomic E-state index is 0.0868. The van der Waals surface area contributed by atoms with E-state index in [4.69, 9.17) is 0 Å². The Morgan fingerprint density at radius 1 is 1.17 bits per heavy atom. The van der Waals surface area contributed by atoms with Crippen molar-refractivity contribution in [3.05, 3.63) is 42.5 Å². The second-order valence-corrected chi connectivity index (χ2v) is 9.04. The minimum Gasteiger partial charge on any atom is -0.355 e. The summed E-state index contributed by atoms with van der Waals surface area (Å²) >= 11 is 1.63. The molecule has 1 fully saturated rings. The highest BCUT2D eigenvalue weighted by molar-refractivity contribution is 7.22. The first-order chi connectivity index (χ1) is 14.5. The van der Waals surface area contributed by atoms with E-state index in [0.29, 0.717) is 19.0 Å². The van der Waals surface area contributed by atoms with Gasteiger partial charge in [0.25, 0.3) is 0 Å². The number of carbonyl (C=O) groups excluding carboxylic acids is 1. The monoisotopic (exact) mass is 427 g/mol. The van der Waals surface area contributed by atoms with Crippen molar-refractivity contribution in [2.75, 3.05) is 44.2 Å². The van der Waals surface area contributed by atoms with Crippen molar-refractivity contribution in [2.45, 2.75) is 13.8 Å². The first-order valence-corrected chi connectivity index (χ1v) is 11.1. The molecule has 0 atom stereocenters. The molecule has 3 aromatic rings. The number of halogens is 1. The molecule has 1 aliphatic rings. The van der Waals surface area contributed by atoms with E-state index in [-0.39, 0.29) is 11.7 Å². The van der Waals surface area contributed by atoms with Gasteiger partial charge in [0.05, 0.1) is 16.8 Å². The Bertz CT molecular complexity index is 1010. The van der Waals surface area contributed by atoms with Gasteiger partial charge in [-0.1, -0.05) is 26.0 Å². The lowest BCUT2D eigenvalue weighted by atomic mass is 10.2. The molecule has 3 heterocycles. The molecular weight excluding hydrogens is 401 g/mol. The standard InChI is InChI=1S/C22H26FN5OS/c1-15(2)12-24-20(29)13-27-7-9-28(10-8-27)22-21-18(25-14-26-22)11-19(30-21)16-3-5-17(23)6-4-16/h3-6,11,14-15H,7-10,12-13H2,1-2H3,(H,24,29). The highest BCUT2D eigenvalue weighted by atomic mass is 32.1. The number of aromatic nitrogens is 2. The van der Waals surface area contributed by atoms with Crippen LogP contribution in [-0.4, -0.2) is 60.0 Å². The lowest BCUT2D eigenvalue weighted by molar-refractivity contribution is -0.122. The van der Waals surface area contributed by atoms with E-state index >= 15 is 0 Å². The highest BCUT2D eigenvalue weighted by Gasteiger charge is 2.22. The quantitative estimate of drug-likeness (QED) is 0.653. The molecule has 2 aromatic heterocycles. The zero-order valence-corrected chi connectivity index (χ0v) is 18.1. The Hall–Kier alpha value is -2.58. The molecule has 6 nitrogen and oxygen atoms in total. The Morgan fingerprint density at radius 2 is 1.90 bits per heavy atom. The van der Waals surface area contributed by atoms with Crippen molar-refractivity contribution in [3.63, 3.8) is 0 Å². The Labute approximate surface area is 179 Å². The lowest BCUT2D eigenvalue weighted by Crippen LogP contribution is -2.50. The van der Waals surface area contributed by atoms with E-state index in [2.05, 4.69) is 38.9 Å². The molecule has 0 radical (unpaired) electrons. The van der Waals surface area contributed by atoms with Gasteiger partial charge in [0, 0.05) is 37.6 Å². The number of anilines is 1. The number of rotatable bonds is 6. The van der Waals surface area contributed by atoms with Crippen LogP contribution in [0.25, 0.3) is 20.7 Å². The summed E-state index contributed by atoms with van der Waals surface area (Å²) in [6, 6.07) is 8.56. The maximum atomic E-state index is 13.2. The molecule has 0 aliphatic carbocycles. The van der Waals surface area contributed by atoms with Crippen molar-refractivity contribution in [1.29, 1.82) is 0 Å². The number of benzene rings is 1. The van der Waals surface area contributed by atoms with Crippen molar-refractivity contribution >= 4 is 33.3 Å². The normalized spacial score (nSPS) is 15.1. The predicted molar refractivity (Wildman–Crippen MR) is 119 cm³/mol. The summed E-state index contributed by atoms with van der Waals surface area (Å²) in [5.74, 6) is 1.23. The van der Waals surface area contributed by atoms with Gasteiger partial charge in [-0.2, -0.15) is 0 Å². The number of hydrogen-bond acceptors (Lipinski definition) is 6. The van der Waals surface area contributed by atoms with Crippen molar-refractivity contribution in [2.24, 2.45) is 5.92 Å². The number of piperazine rings is 1. The zero-order valence-electron chi connectivity index (χ0n) is 17.3. The van der Waals surface area contributed by atoms with Crippen LogP contribution in [0.3, 0.4) is 0 Å². The Kier molecular flexibility index (Phi) is 6.24. The number of nitrogens with one attached hydrogen (secondary N) is 1. The van der Waals surface area contributed by atoms with E-state index in [1.165, 1.54) is 12.1 Å². The van der Waals surface area contributed by atoms with Crippen molar-refractivity contribution in [1.82, 2.24) is 20.2 Å². The molecule has 0 bridgehead atoms. The maximum absolute atomic E-state index is 13.2. The molecule has 1 saturated heterocycles. The molecule has 0 saturated carbocycles. The average molecular weight is 428 g/mol. The fourth-order valence-electron chi connectivity index (χ4n) is 3.52. The molecule has 0 spiro atoms. The summed E-state index contributed by atoms with van der Waals surface area (Å²) < 4.78 is 14.3. The maximum Gasteiger partial charge on any atom is 0.234 e. The molecule has 0 unspecified atom stereocenters. The van der Waals surface area contributed by atoms with Crippen LogP contribution >= 0.6 is 11.3 Å². The fraction of sp³-hybridized carbons (Fsp3) is 0.409. The summed E-state index contributed by atoms with van der Waals surface area (Å²) in [7, 11) is 0. The van der Waals surface area contributed by atoms with E-state index in [1.807, 2.05) is 6.07 Å². The largest absolute Gasteiger partial charge is 0.355 e. The van der Waals surface area contributed by atoms with Gasteiger partial charge in [0.15, 0.2) is 0 Å². The van der Waals surface area contributed by atoms with Gasteiger partial charge < -0.3 is 10.2 Å². The number of hydrogen-bond donors (Lipinski definition) is 1. The highest BCUT2D eigenvalue weighted by Crippen LogP contribution is 2.37. The summed E-state index contributed by atoms with van der Waals surface area (Å²) in [6.07, 6.45) is 1.60. The molecule has 1 amide bonds. The van der Waals surface area contributed by atoms with Crippen LogP contribution in [0.15, 0.2) is 36.7 Å². The summed E-state index contributed by atoms with van der Waals surface area (Å²) in [5.41, 5.74) is 1.88. The summed E-state index contributed by atoms with van der Waals surface area (Å²) in [4.78, 5) is 26.6. The first-order valence-electron chi connectivity index (χ1n) is 10.2. The van der Waals surface area contributed by atoms with Gasteiger partial charge in [-0.25, -0.2) is 14.4 Å². The summed E-state index contributed by atoms with van der Waals surface area (Å²) in [5, 5.41) is 2.98. The molecule has 158 valence electrons. The Balaban J connectivity index is 1.44. The first kappa shape index (κ1) is 20.7. The predicted octanol–water partition coefficient (Wildman–Crippen LogP) is 3.39. The van der Waals surface area contributed by atoms with E-state index < -0.39 is 0 Å². The van der Waals surface area contributed by atoms with Crippen LogP contribution in [0, 0.1) is 11.7 Å². The number of carbonyl (C=O) groups is 1. The van der Waals surface area contributed by atoms with Gasteiger partial charge in [-0.15, -0.1) is 11.3 Å². The van der Waals surface area contributed by atoms with E-state index in [1.54, 1.807) is 29.8 Å². The minimum atomic E-state index is -0.240. The van der Waals surface area contributed by atoms with Crippen LogP contribution in [0.1, 0.15) is 13.8 Å². The molecular formula is C22H26FN5OS. The van der Waals surface area contributed by atoms with Gasteiger partial charge in [-0.05, 0) is 29.7 Å². The van der Waals surface area contributed by atoms with E-state index in [0.717, 1.165) is 52.7 Å². The third kappa shape index (κ3) is 4.76. The average Bonchev–Trinajstić information content (AvgIpc) is 3.18. The second-order valence-electron chi connectivity index (χ2n) is 7.99. The van der Waals surface area contributed by atoms with Gasteiger partial charge in [-0.3, -0.25) is 9.69 Å². The van der Waals surface area contributed by atoms with Crippen LogP contribution in [-0.2, 0) is 4.79 Å². The van der Waals surface area contributed by atoms with Crippen LogP contribution in [0.2, 0.25) is 0 Å². The number of fused-ring (bicyclic) bond motifs is 1. The topological polar surface area (TPSA) is 61.4 Å². The third-order valence-electron chi connectivity index (χ3n) is 5.17. The lowest BCUT2D eigenvalue weighted by Gasteiger charge is -2.35. The van der Waals surface area contributed by atoms with Gasteiger partial charge in [0.1, 0.15) is 18.0 Å². The molecule has 30 heavy (non-hydrogen) atoms. The molecule has 4 rings (SSSR count). The van der Waals surface area contributed by atoms with Crippen molar-refractivity contribution < 1.29 is 9.18 Å². The fourth-order valence-corrected chi connectivity index (χ4v) is 4.65. The smallest absolute Gasteiger partial charge is 0.234 e. The SMILES string of the molecule is CC(C)CNC(=O)CN1CCN(c2ncnc3cc(-c4ccc(F)cc4)sc23)CC1. The zero-order chi connectivity index (χ0) is 21.1. The number of thiophene rings is 1.